The monoisotopic (exact) mass is 361 g/mol. The number of carbonyl (C=O) groups excluding carboxylic acids is 2. The minimum atomic E-state index is -0.868. The van der Waals surface area contributed by atoms with Gasteiger partial charge in [-0.3, -0.25) is 14.4 Å². The average Bonchev–Trinajstić information content (AvgIpc) is 2.70. The van der Waals surface area contributed by atoms with Gasteiger partial charge in [0.25, 0.3) is 5.56 Å². The highest BCUT2D eigenvalue weighted by Gasteiger charge is 2.37. The summed E-state index contributed by atoms with van der Waals surface area (Å²) in [5.74, 6) is -1.73. The number of nitrogens with zero attached hydrogens (tertiary/aromatic N) is 1. The van der Waals surface area contributed by atoms with Gasteiger partial charge in [0.1, 0.15) is 5.92 Å². The number of esters is 1. The molecule has 27 heavy (non-hydrogen) atoms. The molecule has 2 aromatic carbocycles. The standard InChI is InChI=1S/C22H19NO4/c1-2-27-22(26)17-12-13-23-19(20(17)24)18(14-8-4-3-5-9-14)15-10-6-7-11-16(15)21(23)25/h3-11,17H,2,12-13H2,1H3. The lowest BCUT2D eigenvalue weighted by Crippen LogP contribution is -2.39. The van der Waals surface area contributed by atoms with Crippen molar-refractivity contribution >= 4 is 22.5 Å². The number of hydrogen-bond donors (Lipinski definition) is 0. The quantitative estimate of drug-likeness (QED) is 0.529. The van der Waals surface area contributed by atoms with Gasteiger partial charge in [0.05, 0.1) is 12.3 Å². The third-order valence-electron chi connectivity index (χ3n) is 5.00. The number of aromatic nitrogens is 1. The van der Waals surface area contributed by atoms with Gasteiger partial charge in [0.15, 0.2) is 5.78 Å². The Balaban J connectivity index is 2.04. The van der Waals surface area contributed by atoms with E-state index >= 15 is 0 Å². The summed E-state index contributed by atoms with van der Waals surface area (Å²) in [5, 5.41) is 1.29. The van der Waals surface area contributed by atoms with Crippen molar-refractivity contribution in [3.63, 3.8) is 0 Å². The fourth-order valence-electron chi connectivity index (χ4n) is 3.79. The Labute approximate surface area is 156 Å². The predicted octanol–water partition coefficient (Wildman–Crippen LogP) is 3.43. The van der Waals surface area contributed by atoms with E-state index in [1.807, 2.05) is 48.5 Å². The van der Waals surface area contributed by atoms with Crippen molar-refractivity contribution in [3.8, 4) is 11.1 Å². The van der Waals surface area contributed by atoms with Gasteiger partial charge in [-0.2, -0.15) is 0 Å². The lowest BCUT2D eigenvalue weighted by atomic mass is 9.87. The number of carbonyl (C=O) groups is 2. The van der Waals surface area contributed by atoms with Crippen molar-refractivity contribution in [2.45, 2.75) is 19.9 Å². The molecule has 2 heterocycles. The number of ketones is 1. The highest BCUT2D eigenvalue weighted by Crippen LogP contribution is 2.34. The van der Waals surface area contributed by atoms with E-state index < -0.39 is 11.9 Å². The molecule has 0 saturated heterocycles. The van der Waals surface area contributed by atoms with Gasteiger partial charge < -0.3 is 9.30 Å². The largest absolute Gasteiger partial charge is 0.465 e. The molecule has 5 heteroatoms. The maximum absolute atomic E-state index is 13.3. The molecule has 0 amide bonds. The van der Waals surface area contributed by atoms with E-state index in [4.69, 9.17) is 4.74 Å². The lowest BCUT2D eigenvalue weighted by Gasteiger charge is -2.27. The van der Waals surface area contributed by atoms with Crippen LogP contribution in [-0.2, 0) is 16.1 Å². The fraction of sp³-hybridized carbons (Fsp3) is 0.227. The lowest BCUT2D eigenvalue weighted by molar-refractivity contribution is -0.146. The molecule has 1 aromatic heterocycles. The molecular formula is C22H19NO4. The van der Waals surface area contributed by atoms with Crippen LogP contribution in [0, 0.1) is 5.92 Å². The van der Waals surface area contributed by atoms with E-state index in [-0.39, 0.29) is 24.4 Å². The van der Waals surface area contributed by atoms with Crippen LogP contribution in [0.4, 0.5) is 0 Å². The van der Waals surface area contributed by atoms with Crippen molar-refractivity contribution in [2.24, 2.45) is 5.92 Å². The van der Waals surface area contributed by atoms with Crippen LogP contribution >= 0.6 is 0 Å². The van der Waals surface area contributed by atoms with Gasteiger partial charge >= 0.3 is 5.97 Å². The Hall–Kier alpha value is -3.21. The summed E-state index contributed by atoms with van der Waals surface area (Å²) in [6.07, 6.45) is 0.275. The van der Waals surface area contributed by atoms with E-state index in [1.165, 1.54) is 4.57 Å². The SMILES string of the molecule is CCOC(=O)C1CCn2c(c(-c3ccccc3)c3ccccc3c2=O)C1=O. The van der Waals surface area contributed by atoms with Crippen LogP contribution in [0.5, 0.6) is 0 Å². The normalized spacial score (nSPS) is 16.2. The fourth-order valence-corrected chi connectivity index (χ4v) is 3.79. The number of Topliss-reactive ketones (excluding diaryl/α,β-unsaturated/α-hetero) is 1. The third-order valence-corrected chi connectivity index (χ3v) is 5.00. The zero-order chi connectivity index (χ0) is 19.0. The molecule has 1 aliphatic heterocycles. The van der Waals surface area contributed by atoms with Crippen LogP contribution in [0.1, 0.15) is 23.8 Å². The molecule has 136 valence electrons. The van der Waals surface area contributed by atoms with Gasteiger partial charge in [-0.15, -0.1) is 0 Å². The highest BCUT2D eigenvalue weighted by molar-refractivity contribution is 6.15. The summed E-state index contributed by atoms with van der Waals surface area (Å²) in [6, 6.07) is 16.8. The Morgan fingerprint density at radius 1 is 1.04 bits per heavy atom. The number of hydrogen-bond acceptors (Lipinski definition) is 4. The Morgan fingerprint density at radius 3 is 2.41 bits per heavy atom. The van der Waals surface area contributed by atoms with Crippen LogP contribution in [0.25, 0.3) is 21.9 Å². The molecule has 0 radical (unpaired) electrons. The summed E-state index contributed by atoms with van der Waals surface area (Å²) in [5.41, 5.74) is 1.64. The number of rotatable bonds is 3. The molecule has 1 aliphatic rings. The van der Waals surface area contributed by atoms with Gasteiger partial charge in [-0.05, 0) is 30.4 Å². The molecule has 1 unspecified atom stereocenters. The van der Waals surface area contributed by atoms with Crippen LogP contribution in [-0.4, -0.2) is 22.9 Å². The van der Waals surface area contributed by atoms with Crippen LogP contribution in [0.2, 0.25) is 0 Å². The van der Waals surface area contributed by atoms with Crippen molar-refractivity contribution in [2.75, 3.05) is 6.61 Å². The van der Waals surface area contributed by atoms with Crippen molar-refractivity contribution in [1.29, 1.82) is 0 Å². The molecule has 1 atom stereocenters. The molecule has 0 fully saturated rings. The zero-order valence-corrected chi connectivity index (χ0v) is 15.0. The molecule has 0 spiro atoms. The number of benzene rings is 2. The maximum atomic E-state index is 13.3. The van der Waals surface area contributed by atoms with Crippen LogP contribution < -0.4 is 5.56 Å². The second-order valence-electron chi connectivity index (χ2n) is 6.55. The Bertz CT molecular complexity index is 1100. The van der Waals surface area contributed by atoms with Gasteiger partial charge in [-0.25, -0.2) is 0 Å². The van der Waals surface area contributed by atoms with E-state index in [0.717, 1.165) is 10.9 Å². The Morgan fingerprint density at radius 2 is 1.70 bits per heavy atom. The minimum absolute atomic E-state index is 0.198. The first-order valence-corrected chi connectivity index (χ1v) is 9.05. The number of pyridine rings is 1. The summed E-state index contributed by atoms with van der Waals surface area (Å²) >= 11 is 0. The second-order valence-corrected chi connectivity index (χ2v) is 6.55. The smallest absolute Gasteiger partial charge is 0.316 e. The maximum Gasteiger partial charge on any atom is 0.316 e. The van der Waals surface area contributed by atoms with E-state index in [0.29, 0.717) is 23.2 Å². The molecule has 0 N–H and O–H groups in total. The Kier molecular flexibility index (Phi) is 4.36. The second kappa shape index (κ2) is 6.83. The summed E-state index contributed by atoms with van der Waals surface area (Å²) in [6.45, 7) is 2.25. The predicted molar refractivity (Wildman–Crippen MR) is 103 cm³/mol. The van der Waals surface area contributed by atoms with Gasteiger partial charge in [-0.1, -0.05) is 48.5 Å². The van der Waals surface area contributed by atoms with Crippen LogP contribution in [0.15, 0.2) is 59.4 Å². The first-order chi connectivity index (χ1) is 13.1. The number of ether oxygens (including phenoxy) is 1. The molecule has 5 nitrogen and oxygen atoms in total. The molecule has 0 bridgehead atoms. The highest BCUT2D eigenvalue weighted by atomic mass is 16.5. The first kappa shape index (κ1) is 17.2. The van der Waals surface area contributed by atoms with E-state index in [1.54, 1.807) is 13.0 Å². The minimum Gasteiger partial charge on any atom is -0.465 e. The molecule has 4 rings (SSSR count). The van der Waals surface area contributed by atoms with E-state index in [2.05, 4.69) is 0 Å². The zero-order valence-electron chi connectivity index (χ0n) is 15.0. The van der Waals surface area contributed by atoms with Crippen molar-refractivity contribution in [1.82, 2.24) is 4.57 Å². The van der Waals surface area contributed by atoms with E-state index in [9.17, 15) is 14.4 Å². The molecule has 0 aliphatic carbocycles. The average molecular weight is 361 g/mol. The summed E-state index contributed by atoms with van der Waals surface area (Å²) in [7, 11) is 0. The van der Waals surface area contributed by atoms with Crippen molar-refractivity contribution in [3.05, 3.63) is 70.6 Å². The summed E-state index contributed by atoms with van der Waals surface area (Å²) < 4.78 is 6.60. The van der Waals surface area contributed by atoms with Crippen molar-refractivity contribution < 1.29 is 14.3 Å². The molecule has 0 saturated carbocycles. The first-order valence-electron chi connectivity index (χ1n) is 9.05. The summed E-state index contributed by atoms with van der Waals surface area (Å²) in [4.78, 5) is 38.5. The molecular weight excluding hydrogens is 342 g/mol. The van der Waals surface area contributed by atoms with Crippen LogP contribution in [0.3, 0.4) is 0 Å². The molecule has 3 aromatic rings. The van der Waals surface area contributed by atoms with Gasteiger partial charge in [0.2, 0.25) is 0 Å². The number of fused-ring (bicyclic) bond motifs is 2. The third kappa shape index (κ3) is 2.76. The topological polar surface area (TPSA) is 65.4 Å². The van der Waals surface area contributed by atoms with Gasteiger partial charge in [0, 0.05) is 17.5 Å².